The van der Waals surface area contributed by atoms with E-state index in [1.54, 1.807) is 13.2 Å². The molecule has 126 valence electrons. The van der Waals surface area contributed by atoms with Crippen LogP contribution in [0.1, 0.15) is 38.4 Å². The van der Waals surface area contributed by atoms with Crippen molar-refractivity contribution in [3.63, 3.8) is 0 Å². The molecule has 0 N–H and O–H groups in total. The van der Waals surface area contributed by atoms with Gasteiger partial charge in [0.05, 0.1) is 6.61 Å². The van der Waals surface area contributed by atoms with E-state index in [-0.39, 0.29) is 0 Å². The molecule has 23 heavy (non-hydrogen) atoms. The maximum absolute atomic E-state index is 13.0. The van der Waals surface area contributed by atoms with Gasteiger partial charge < -0.3 is 9.64 Å². The SMILES string of the molecule is COCCN(c1ccc2nnc(C(F)F)n2n1)C1CCC(C)C1. The fourth-order valence-electron chi connectivity index (χ4n) is 3.22. The first-order chi connectivity index (χ1) is 11.1. The predicted octanol–water partition coefficient (Wildman–Crippen LogP) is 2.70. The van der Waals surface area contributed by atoms with Crippen LogP contribution in [0.3, 0.4) is 0 Å². The summed E-state index contributed by atoms with van der Waals surface area (Å²) in [5.41, 5.74) is 0.329. The highest BCUT2D eigenvalue weighted by atomic mass is 19.3. The summed E-state index contributed by atoms with van der Waals surface area (Å²) >= 11 is 0. The van der Waals surface area contributed by atoms with Crippen LogP contribution in [-0.2, 0) is 4.74 Å². The van der Waals surface area contributed by atoms with Crippen LogP contribution in [-0.4, -0.2) is 46.1 Å². The predicted molar refractivity (Wildman–Crippen MR) is 81.8 cm³/mol. The Labute approximate surface area is 133 Å². The second kappa shape index (κ2) is 6.74. The fraction of sp³-hybridized carbons (Fsp3) is 0.667. The first-order valence-corrected chi connectivity index (χ1v) is 7.86. The summed E-state index contributed by atoms with van der Waals surface area (Å²) in [6, 6.07) is 3.86. The van der Waals surface area contributed by atoms with Gasteiger partial charge in [-0.3, -0.25) is 0 Å². The largest absolute Gasteiger partial charge is 0.383 e. The van der Waals surface area contributed by atoms with E-state index in [0.717, 1.165) is 17.4 Å². The summed E-state index contributed by atoms with van der Waals surface area (Å²) in [6.07, 6.45) is 0.624. The summed E-state index contributed by atoms with van der Waals surface area (Å²) in [5.74, 6) is 0.906. The van der Waals surface area contributed by atoms with Gasteiger partial charge in [0.2, 0.25) is 5.82 Å². The Morgan fingerprint density at radius 2 is 2.17 bits per heavy atom. The number of halogens is 2. The van der Waals surface area contributed by atoms with Crippen molar-refractivity contribution in [2.24, 2.45) is 5.92 Å². The van der Waals surface area contributed by atoms with Gasteiger partial charge in [-0.05, 0) is 37.3 Å². The van der Waals surface area contributed by atoms with Gasteiger partial charge in [0, 0.05) is 19.7 Å². The van der Waals surface area contributed by atoms with E-state index in [4.69, 9.17) is 4.74 Å². The van der Waals surface area contributed by atoms with Gasteiger partial charge in [-0.25, -0.2) is 8.78 Å². The smallest absolute Gasteiger partial charge is 0.299 e. The number of hydrogen-bond donors (Lipinski definition) is 0. The van der Waals surface area contributed by atoms with Crippen LogP contribution in [0.4, 0.5) is 14.6 Å². The molecule has 1 saturated carbocycles. The van der Waals surface area contributed by atoms with Crippen LogP contribution in [0.15, 0.2) is 12.1 Å². The number of hydrogen-bond acceptors (Lipinski definition) is 5. The molecule has 2 heterocycles. The fourth-order valence-corrected chi connectivity index (χ4v) is 3.22. The second-order valence-electron chi connectivity index (χ2n) is 6.08. The summed E-state index contributed by atoms with van der Waals surface area (Å²) in [7, 11) is 1.65. The molecule has 2 atom stereocenters. The Hall–Kier alpha value is -1.83. The van der Waals surface area contributed by atoms with Crippen LogP contribution in [0.5, 0.6) is 0 Å². The van der Waals surface area contributed by atoms with Crippen molar-refractivity contribution >= 4 is 11.5 Å². The van der Waals surface area contributed by atoms with Crippen molar-refractivity contribution in [2.75, 3.05) is 25.2 Å². The van der Waals surface area contributed by atoms with E-state index in [0.29, 0.717) is 36.6 Å². The molecule has 0 amide bonds. The maximum Gasteiger partial charge on any atom is 0.299 e. The number of nitrogens with zero attached hydrogens (tertiary/aromatic N) is 5. The van der Waals surface area contributed by atoms with E-state index in [9.17, 15) is 8.78 Å². The lowest BCUT2D eigenvalue weighted by Crippen LogP contribution is -2.37. The summed E-state index contributed by atoms with van der Waals surface area (Å²) in [4.78, 5) is 2.15. The third-order valence-electron chi connectivity index (χ3n) is 4.41. The normalized spacial score (nSPS) is 21.4. The van der Waals surface area contributed by atoms with Gasteiger partial charge in [-0.15, -0.1) is 15.3 Å². The molecule has 0 spiro atoms. The van der Waals surface area contributed by atoms with Crippen molar-refractivity contribution in [3.05, 3.63) is 18.0 Å². The number of rotatable bonds is 6. The summed E-state index contributed by atoms with van der Waals surface area (Å²) < 4.78 is 32.4. The van der Waals surface area contributed by atoms with Gasteiger partial charge >= 0.3 is 0 Å². The lowest BCUT2D eigenvalue weighted by Gasteiger charge is -2.30. The number of alkyl halides is 2. The molecule has 2 unspecified atom stereocenters. The van der Waals surface area contributed by atoms with Crippen LogP contribution in [0, 0.1) is 5.92 Å². The average molecular weight is 325 g/mol. The highest BCUT2D eigenvalue weighted by Gasteiger charge is 2.28. The topological polar surface area (TPSA) is 55.5 Å². The van der Waals surface area contributed by atoms with E-state index in [1.807, 2.05) is 6.07 Å². The molecule has 0 saturated heterocycles. The lowest BCUT2D eigenvalue weighted by molar-refractivity contribution is 0.137. The second-order valence-corrected chi connectivity index (χ2v) is 6.08. The van der Waals surface area contributed by atoms with Crippen LogP contribution in [0.2, 0.25) is 0 Å². The van der Waals surface area contributed by atoms with E-state index >= 15 is 0 Å². The highest BCUT2D eigenvalue weighted by molar-refractivity contribution is 5.46. The lowest BCUT2D eigenvalue weighted by atomic mass is 10.1. The van der Waals surface area contributed by atoms with Crippen LogP contribution < -0.4 is 4.90 Å². The van der Waals surface area contributed by atoms with Gasteiger partial charge in [-0.1, -0.05) is 6.92 Å². The van der Waals surface area contributed by atoms with Crippen molar-refractivity contribution in [3.8, 4) is 0 Å². The molecule has 0 aliphatic heterocycles. The Bertz CT molecular complexity index is 662. The highest BCUT2D eigenvalue weighted by Crippen LogP contribution is 2.31. The Morgan fingerprint density at radius 3 is 2.83 bits per heavy atom. The minimum atomic E-state index is -2.70. The zero-order chi connectivity index (χ0) is 16.4. The van der Waals surface area contributed by atoms with Gasteiger partial charge in [0.25, 0.3) is 6.43 Å². The van der Waals surface area contributed by atoms with Crippen molar-refractivity contribution < 1.29 is 13.5 Å². The summed E-state index contributed by atoms with van der Waals surface area (Å²) in [6.45, 7) is 3.48. The number of aromatic nitrogens is 4. The minimum absolute atomic E-state index is 0.329. The first kappa shape index (κ1) is 16.0. The Kier molecular flexibility index (Phi) is 4.70. The van der Waals surface area contributed by atoms with E-state index in [2.05, 4.69) is 27.1 Å². The van der Waals surface area contributed by atoms with Crippen molar-refractivity contribution in [1.82, 2.24) is 19.8 Å². The molecular formula is C15H21F2N5O. The average Bonchev–Trinajstić information content (AvgIpc) is 3.13. The Morgan fingerprint density at radius 1 is 1.35 bits per heavy atom. The molecule has 0 aromatic carbocycles. The maximum atomic E-state index is 13.0. The van der Waals surface area contributed by atoms with Crippen molar-refractivity contribution in [1.29, 1.82) is 0 Å². The molecule has 6 nitrogen and oxygen atoms in total. The quantitative estimate of drug-likeness (QED) is 0.817. The zero-order valence-corrected chi connectivity index (χ0v) is 13.3. The third kappa shape index (κ3) is 3.26. The third-order valence-corrected chi connectivity index (χ3v) is 4.41. The molecule has 3 rings (SSSR count). The van der Waals surface area contributed by atoms with Crippen LogP contribution >= 0.6 is 0 Å². The van der Waals surface area contributed by atoms with Gasteiger partial charge in [0.1, 0.15) is 5.82 Å². The Balaban J connectivity index is 1.94. The number of anilines is 1. The number of ether oxygens (including phenoxy) is 1. The number of fused-ring (bicyclic) bond motifs is 1. The molecule has 0 radical (unpaired) electrons. The van der Waals surface area contributed by atoms with Crippen molar-refractivity contribution in [2.45, 2.75) is 38.7 Å². The molecule has 1 aliphatic rings. The van der Waals surface area contributed by atoms with E-state index in [1.165, 1.54) is 6.42 Å². The van der Waals surface area contributed by atoms with Gasteiger partial charge in [0.15, 0.2) is 5.65 Å². The van der Waals surface area contributed by atoms with Crippen LogP contribution in [0.25, 0.3) is 5.65 Å². The standard InChI is InChI=1S/C15H21F2N5O/c1-10-3-4-11(9-10)21(7-8-23-2)13-6-5-12-18-19-15(14(16)17)22(12)20-13/h5-6,10-11,14H,3-4,7-9H2,1-2H3. The minimum Gasteiger partial charge on any atom is -0.383 e. The molecule has 0 bridgehead atoms. The molecular weight excluding hydrogens is 304 g/mol. The summed E-state index contributed by atoms with van der Waals surface area (Å²) in [5, 5.41) is 11.6. The zero-order valence-electron chi connectivity index (χ0n) is 13.3. The molecule has 1 fully saturated rings. The molecule has 2 aromatic rings. The molecule has 2 aromatic heterocycles. The van der Waals surface area contributed by atoms with Gasteiger partial charge in [-0.2, -0.15) is 4.52 Å². The monoisotopic (exact) mass is 325 g/mol. The molecule has 8 heteroatoms. The van der Waals surface area contributed by atoms with E-state index < -0.39 is 12.2 Å². The molecule has 1 aliphatic carbocycles. The number of methoxy groups -OCH3 is 1. The first-order valence-electron chi connectivity index (χ1n) is 7.86.